The van der Waals surface area contributed by atoms with E-state index < -0.39 is 42.1 Å². The number of carbonyl (C=O) groups is 5. The SMILES string of the molecule is CCC(=O)C1OC1CCC[C@@H]1NC(=O)[C@H]2CCCCN2C(=O)[C@H](C(C)CC)NC(=O)[C@H](Cc2cn(OC)c3ccccc23)NC1=O. The minimum Gasteiger partial charge on any atom is -0.417 e. The quantitative estimate of drug-likeness (QED) is 0.319. The van der Waals surface area contributed by atoms with Crippen molar-refractivity contribution in [1.29, 1.82) is 0 Å². The fraction of sp³-hybridized carbons (Fsp3) is 0.618. The van der Waals surface area contributed by atoms with Crippen molar-refractivity contribution in [3.05, 3.63) is 36.0 Å². The summed E-state index contributed by atoms with van der Waals surface area (Å²) >= 11 is 0. The van der Waals surface area contributed by atoms with Crippen LogP contribution in [0.4, 0.5) is 0 Å². The van der Waals surface area contributed by atoms with E-state index in [0.717, 1.165) is 29.3 Å². The summed E-state index contributed by atoms with van der Waals surface area (Å²) in [5.74, 6) is -1.73. The Morgan fingerprint density at radius 1 is 1.00 bits per heavy atom. The Balaban J connectivity index is 1.44. The molecular formula is C34H47N5O7. The second-order valence-electron chi connectivity index (χ2n) is 12.8. The van der Waals surface area contributed by atoms with Crippen LogP contribution in [0.5, 0.6) is 0 Å². The van der Waals surface area contributed by atoms with Gasteiger partial charge in [0.15, 0.2) is 5.78 Å². The average molecular weight is 638 g/mol. The molecule has 0 saturated carbocycles. The molecule has 2 aromatic rings. The predicted octanol–water partition coefficient (Wildman–Crippen LogP) is 2.05. The van der Waals surface area contributed by atoms with Gasteiger partial charge in [-0.25, -0.2) is 0 Å². The molecule has 4 amide bonds. The molecule has 3 saturated heterocycles. The number of piperidine rings is 1. The maximum atomic E-state index is 14.1. The minimum atomic E-state index is -1.03. The van der Waals surface area contributed by atoms with Crippen molar-refractivity contribution in [3.8, 4) is 0 Å². The third-order valence-electron chi connectivity index (χ3n) is 9.74. The fourth-order valence-corrected chi connectivity index (χ4v) is 6.72. The lowest BCUT2D eigenvalue weighted by Crippen LogP contribution is -2.64. The fourth-order valence-electron chi connectivity index (χ4n) is 6.72. The van der Waals surface area contributed by atoms with Gasteiger partial charge in [0.1, 0.15) is 37.4 Å². The van der Waals surface area contributed by atoms with Gasteiger partial charge in [0, 0.05) is 31.0 Å². The molecule has 7 atom stereocenters. The van der Waals surface area contributed by atoms with Crippen LogP contribution in [0.1, 0.15) is 77.7 Å². The molecule has 0 aliphatic carbocycles. The van der Waals surface area contributed by atoms with Gasteiger partial charge in [-0.05, 0) is 56.1 Å². The van der Waals surface area contributed by atoms with Crippen molar-refractivity contribution < 1.29 is 33.5 Å². The number of nitrogens with one attached hydrogen (secondary N) is 3. The number of nitrogens with zero attached hydrogens (tertiary/aromatic N) is 2. The van der Waals surface area contributed by atoms with Crippen LogP contribution in [0.3, 0.4) is 0 Å². The zero-order valence-electron chi connectivity index (χ0n) is 27.3. The third-order valence-corrected chi connectivity index (χ3v) is 9.74. The number of fused-ring (bicyclic) bond motifs is 2. The Hall–Kier alpha value is -3.93. The first-order chi connectivity index (χ1) is 22.2. The summed E-state index contributed by atoms with van der Waals surface area (Å²) in [6.45, 7) is 6.07. The van der Waals surface area contributed by atoms with Gasteiger partial charge in [-0.15, -0.1) is 0 Å². The number of ketones is 1. The van der Waals surface area contributed by atoms with E-state index in [4.69, 9.17) is 9.57 Å². The van der Waals surface area contributed by atoms with E-state index in [0.29, 0.717) is 38.6 Å². The number of Topliss-reactive ketones (excluding diaryl/α,β-unsaturated/α-hetero) is 1. The van der Waals surface area contributed by atoms with E-state index >= 15 is 0 Å². The summed E-state index contributed by atoms with van der Waals surface area (Å²) < 4.78 is 7.15. The highest BCUT2D eigenvalue weighted by molar-refractivity contribution is 5.98. The monoisotopic (exact) mass is 637 g/mol. The largest absolute Gasteiger partial charge is 0.417 e. The van der Waals surface area contributed by atoms with Gasteiger partial charge < -0.3 is 30.4 Å². The van der Waals surface area contributed by atoms with E-state index in [2.05, 4.69) is 16.0 Å². The van der Waals surface area contributed by atoms with Crippen molar-refractivity contribution in [3.63, 3.8) is 0 Å². The smallest absolute Gasteiger partial charge is 0.246 e. The van der Waals surface area contributed by atoms with Crippen LogP contribution in [0.2, 0.25) is 0 Å². The molecule has 4 heterocycles. The van der Waals surface area contributed by atoms with E-state index in [1.54, 1.807) is 29.9 Å². The topological polar surface area (TPSA) is 151 Å². The maximum Gasteiger partial charge on any atom is 0.246 e. The summed E-state index contributed by atoms with van der Waals surface area (Å²) in [5, 5.41) is 9.71. The number of epoxide rings is 1. The molecular weight excluding hydrogens is 590 g/mol. The van der Waals surface area contributed by atoms with Crippen molar-refractivity contribution in [2.75, 3.05) is 13.7 Å². The molecule has 12 heteroatoms. The highest BCUT2D eigenvalue weighted by atomic mass is 16.6. The maximum absolute atomic E-state index is 14.1. The minimum absolute atomic E-state index is 0.0588. The third kappa shape index (κ3) is 7.22. The zero-order valence-corrected chi connectivity index (χ0v) is 27.3. The molecule has 250 valence electrons. The van der Waals surface area contributed by atoms with Crippen LogP contribution < -0.4 is 20.8 Å². The van der Waals surface area contributed by atoms with Gasteiger partial charge in [-0.1, -0.05) is 45.4 Å². The molecule has 1 aromatic carbocycles. The summed E-state index contributed by atoms with van der Waals surface area (Å²) in [6, 6.07) is 4.07. The first-order valence-corrected chi connectivity index (χ1v) is 16.7. The van der Waals surface area contributed by atoms with E-state index in [1.807, 2.05) is 38.1 Å². The van der Waals surface area contributed by atoms with Crippen LogP contribution in [0.25, 0.3) is 10.9 Å². The molecule has 3 fully saturated rings. The number of amides is 4. The van der Waals surface area contributed by atoms with Gasteiger partial charge in [0.25, 0.3) is 0 Å². The van der Waals surface area contributed by atoms with Crippen LogP contribution >= 0.6 is 0 Å². The Morgan fingerprint density at radius 2 is 1.74 bits per heavy atom. The number of aromatic nitrogens is 1. The Bertz CT molecular complexity index is 1460. The number of hydrogen-bond acceptors (Lipinski definition) is 7. The molecule has 3 aliphatic rings. The molecule has 5 rings (SSSR count). The molecule has 12 nitrogen and oxygen atoms in total. The molecule has 3 aliphatic heterocycles. The van der Waals surface area contributed by atoms with E-state index in [-0.39, 0.29) is 42.5 Å². The summed E-state index contributed by atoms with van der Waals surface area (Å²) in [4.78, 5) is 74.9. The Labute approximate surface area is 269 Å². The van der Waals surface area contributed by atoms with Gasteiger partial charge in [0.2, 0.25) is 23.6 Å². The normalized spacial score (nSPS) is 27.9. The first kappa shape index (κ1) is 33.4. The molecule has 46 heavy (non-hydrogen) atoms. The highest BCUT2D eigenvalue weighted by Crippen LogP contribution is 2.29. The van der Waals surface area contributed by atoms with Crippen molar-refractivity contribution in [2.24, 2.45) is 5.92 Å². The first-order valence-electron chi connectivity index (χ1n) is 16.7. The standard InChI is InChI=1S/C34H47N5O7/c1-5-20(3)29-34(44)38-17-10-9-15-26(38)33(43)35-23(13-11-16-28-30(46-28)27(40)6-2)31(41)36-24(32(42)37-29)18-21-19-39(45-4)25-14-8-7-12-22(21)25/h7-8,12,14,19-20,23-24,26,28-30H,5-6,9-11,13,15-18H2,1-4H3,(H,35,43)(H,36,41)(H,37,42)/t20?,23-,24-,26+,28?,29-,30?/m0/s1. The molecule has 0 radical (unpaired) electrons. The van der Waals surface area contributed by atoms with Gasteiger partial charge in [-0.2, -0.15) is 4.73 Å². The van der Waals surface area contributed by atoms with E-state index in [1.165, 1.54) is 0 Å². The van der Waals surface area contributed by atoms with Crippen molar-refractivity contribution in [1.82, 2.24) is 25.6 Å². The lowest BCUT2D eigenvalue weighted by atomic mass is 9.93. The number of benzene rings is 1. The van der Waals surface area contributed by atoms with Gasteiger partial charge in [-0.3, -0.25) is 24.0 Å². The molecule has 0 bridgehead atoms. The average Bonchev–Trinajstić information content (AvgIpc) is 3.77. The number of carbonyl (C=O) groups excluding carboxylic acids is 5. The molecule has 1 aromatic heterocycles. The summed E-state index contributed by atoms with van der Waals surface area (Å²) in [5.41, 5.74) is 1.60. The predicted molar refractivity (Wildman–Crippen MR) is 171 cm³/mol. The van der Waals surface area contributed by atoms with Crippen LogP contribution in [-0.4, -0.2) is 89.1 Å². The van der Waals surface area contributed by atoms with Crippen LogP contribution in [0.15, 0.2) is 30.5 Å². The summed E-state index contributed by atoms with van der Waals surface area (Å²) in [7, 11) is 1.55. The van der Waals surface area contributed by atoms with Crippen molar-refractivity contribution in [2.45, 2.75) is 115 Å². The molecule has 3 unspecified atom stereocenters. The summed E-state index contributed by atoms with van der Waals surface area (Å²) in [6.07, 6.45) is 5.80. The number of ether oxygens (including phenoxy) is 1. The van der Waals surface area contributed by atoms with E-state index in [9.17, 15) is 24.0 Å². The second-order valence-corrected chi connectivity index (χ2v) is 12.8. The lowest BCUT2D eigenvalue weighted by Gasteiger charge is -2.39. The Morgan fingerprint density at radius 3 is 2.48 bits per heavy atom. The number of rotatable bonds is 11. The highest BCUT2D eigenvalue weighted by Gasteiger charge is 2.44. The molecule has 0 spiro atoms. The van der Waals surface area contributed by atoms with Crippen molar-refractivity contribution >= 4 is 40.3 Å². The second kappa shape index (κ2) is 14.7. The molecule has 3 N–H and O–H groups in total. The Kier molecular flexibility index (Phi) is 10.7. The van der Waals surface area contributed by atoms with Gasteiger partial charge >= 0.3 is 0 Å². The van der Waals surface area contributed by atoms with Crippen LogP contribution in [-0.2, 0) is 35.1 Å². The zero-order chi connectivity index (χ0) is 33.0. The number of para-hydroxylation sites is 1. The van der Waals surface area contributed by atoms with Crippen LogP contribution in [0, 0.1) is 5.92 Å². The van der Waals surface area contributed by atoms with Gasteiger partial charge in [0.05, 0.1) is 11.6 Å². The number of hydrogen-bond donors (Lipinski definition) is 3. The lowest BCUT2D eigenvalue weighted by molar-refractivity contribution is -0.147.